The van der Waals surface area contributed by atoms with E-state index in [2.05, 4.69) is 44.2 Å². The van der Waals surface area contributed by atoms with Crippen LogP contribution in [0.2, 0.25) is 5.02 Å². The lowest BCUT2D eigenvalue weighted by atomic mass is 10.1. The van der Waals surface area contributed by atoms with E-state index in [1.54, 1.807) is 18.3 Å². The van der Waals surface area contributed by atoms with Crippen molar-refractivity contribution in [3.63, 3.8) is 0 Å². The first-order chi connectivity index (χ1) is 17.2. The molecular weight excluding hydrogens is 458 g/mol. The van der Waals surface area contributed by atoms with Gasteiger partial charge in [0.05, 0.1) is 11.6 Å². The first-order valence-electron chi connectivity index (χ1n) is 12.1. The number of nitrogens with one attached hydrogen (secondary N) is 1. The number of hydrogen-bond acceptors (Lipinski definition) is 5. The fourth-order valence-electron chi connectivity index (χ4n) is 4.62. The van der Waals surface area contributed by atoms with Crippen LogP contribution in [0.5, 0.6) is 11.6 Å². The molecule has 1 aliphatic heterocycles. The Labute approximate surface area is 210 Å². The van der Waals surface area contributed by atoms with Gasteiger partial charge in [-0.15, -0.1) is 0 Å². The summed E-state index contributed by atoms with van der Waals surface area (Å²) in [5.74, 6) is 1.15. The maximum atomic E-state index is 9.17. The van der Waals surface area contributed by atoms with Crippen molar-refractivity contribution < 1.29 is 4.74 Å². The Morgan fingerprint density at radius 1 is 1.03 bits per heavy atom. The Hall–Kier alpha value is -3.53. The number of H-pyrrole nitrogens is 1. The molecule has 5 rings (SSSR count). The number of aromatic amines is 1. The molecule has 0 unspecified atom stereocenters. The Morgan fingerprint density at radius 3 is 2.63 bits per heavy atom. The van der Waals surface area contributed by atoms with Crippen LogP contribution in [0.4, 0.5) is 5.69 Å². The van der Waals surface area contributed by atoms with Gasteiger partial charge in [0.15, 0.2) is 0 Å². The van der Waals surface area contributed by atoms with Crippen molar-refractivity contribution in [1.29, 1.82) is 5.26 Å². The van der Waals surface area contributed by atoms with Gasteiger partial charge in [0.1, 0.15) is 10.8 Å². The van der Waals surface area contributed by atoms with Crippen molar-refractivity contribution in [2.75, 3.05) is 37.6 Å². The Bertz CT molecular complexity index is 1320. The van der Waals surface area contributed by atoms with Crippen molar-refractivity contribution in [2.45, 2.75) is 19.3 Å². The normalized spacial score (nSPS) is 14.2. The van der Waals surface area contributed by atoms with E-state index in [-0.39, 0.29) is 0 Å². The molecule has 0 spiro atoms. The minimum Gasteiger partial charge on any atom is -0.438 e. The van der Waals surface area contributed by atoms with Gasteiger partial charge < -0.3 is 14.6 Å². The first kappa shape index (κ1) is 23.2. The monoisotopic (exact) mass is 485 g/mol. The van der Waals surface area contributed by atoms with Gasteiger partial charge in [-0.3, -0.25) is 4.90 Å². The van der Waals surface area contributed by atoms with Crippen molar-refractivity contribution in [3.8, 4) is 17.7 Å². The molecular formula is C28H28ClN5O. The third-order valence-corrected chi connectivity index (χ3v) is 6.87. The molecule has 1 N–H and O–H groups in total. The van der Waals surface area contributed by atoms with Gasteiger partial charge in [0, 0.05) is 55.2 Å². The fraction of sp³-hybridized carbons (Fsp3) is 0.286. The van der Waals surface area contributed by atoms with Gasteiger partial charge in [-0.25, -0.2) is 4.98 Å². The molecule has 178 valence electrons. The Kier molecular flexibility index (Phi) is 7.17. The van der Waals surface area contributed by atoms with Crippen molar-refractivity contribution in [2.24, 2.45) is 0 Å². The second kappa shape index (κ2) is 10.8. The van der Waals surface area contributed by atoms with Gasteiger partial charge in [-0.2, -0.15) is 5.26 Å². The number of hydrogen-bond donors (Lipinski definition) is 1. The third-order valence-electron chi connectivity index (χ3n) is 6.58. The number of nitriles is 1. The number of fused-ring (bicyclic) bond motifs is 1. The number of piperazine rings is 1. The van der Waals surface area contributed by atoms with Crippen molar-refractivity contribution >= 4 is 28.2 Å². The molecule has 6 nitrogen and oxygen atoms in total. The van der Waals surface area contributed by atoms with Crippen LogP contribution in [0.1, 0.15) is 24.0 Å². The molecule has 2 aromatic heterocycles. The van der Waals surface area contributed by atoms with E-state index >= 15 is 0 Å². The van der Waals surface area contributed by atoms with Crippen LogP contribution in [-0.4, -0.2) is 47.6 Å². The molecule has 1 aliphatic rings. The van der Waals surface area contributed by atoms with Crippen LogP contribution in [0, 0.1) is 11.3 Å². The quantitative estimate of drug-likeness (QED) is 0.309. The summed E-state index contributed by atoms with van der Waals surface area (Å²) in [6, 6.07) is 19.8. The highest BCUT2D eigenvalue weighted by Crippen LogP contribution is 2.28. The highest BCUT2D eigenvalue weighted by molar-refractivity contribution is 6.31. The van der Waals surface area contributed by atoms with E-state index in [4.69, 9.17) is 21.6 Å². The molecule has 1 fully saturated rings. The highest BCUT2D eigenvalue weighted by Gasteiger charge is 2.17. The number of anilines is 1. The number of aryl methyl sites for hydroxylation is 1. The van der Waals surface area contributed by atoms with Gasteiger partial charge in [-0.05, 0) is 86.0 Å². The van der Waals surface area contributed by atoms with Crippen LogP contribution in [0.3, 0.4) is 0 Å². The largest absolute Gasteiger partial charge is 0.438 e. The molecule has 3 heterocycles. The number of unbranched alkanes of at least 4 members (excludes halogenated alkanes) is 1. The molecule has 0 aliphatic carbocycles. The number of pyridine rings is 1. The van der Waals surface area contributed by atoms with Crippen LogP contribution in [0.15, 0.2) is 67.0 Å². The van der Waals surface area contributed by atoms with E-state index in [0.29, 0.717) is 10.9 Å². The zero-order valence-corrected chi connectivity index (χ0v) is 20.3. The molecule has 7 heteroatoms. The summed E-state index contributed by atoms with van der Waals surface area (Å²) in [6.45, 7) is 5.30. The topological polar surface area (TPSA) is 68.2 Å². The van der Waals surface area contributed by atoms with Gasteiger partial charge in [-0.1, -0.05) is 11.6 Å². The number of nitrogens with zero attached hydrogens (tertiary/aromatic N) is 4. The SMILES string of the molecule is N#Cc1ccc2[nH]cc(CCCCN3CCN(c4ccc(Oc5ncccc5Cl)cc4)CC3)c2c1. The molecule has 35 heavy (non-hydrogen) atoms. The average molecular weight is 486 g/mol. The average Bonchev–Trinajstić information content (AvgIpc) is 3.31. The summed E-state index contributed by atoms with van der Waals surface area (Å²) < 4.78 is 5.80. The Morgan fingerprint density at radius 2 is 1.86 bits per heavy atom. The molecule has 0 amide bonds. The van der Waals surface area contributed by atoms with Gasteiger partial charge >= 0.3 is 0 Å². The second-order valence-corrected chi connectivity index (χ2v) is 9.27. The lowest BCUT2D eigenvalue weighted by Crippen LogP contribution is -2.46. The number of rotatable bonds is 8. The lowest BCUT2D eigenvalue weighted by molar-refractivity contribution is 0.253. The standard InChI is InChI=1S/C28H28ClN5O/c29-26-5-3-12-31-28(26)35-24-9-7-23(8-10-24)34-16-14-33(15-17-34)13-2-1-4-22-20-32-27-11-6-21(19-30)18-25(22)27/h3,5-12,18,20,32H,1-2,4,13-17H2. The highest BCUT2D eigenvalue weighted by atomic mass is 35.5. The minimum atomic E-state index is 0.423. The predicted octanol–water partition coefficient (Wildman–Crippen LogP) is 6.03. The van der Waals surface area contributed by atoms with E-state index in [9.17, 15) is 0 Å². The van der Waals surface area contributed by atoms with Gasteiger partial charge in [0.25, 0.3) is 0 Å². The number of halogens is 1. The van der Waals surface area contributed by atoms with E-state index < -0.39 is 0 Å². The molecule has 0 radical (unpaired) electrons. The number of benzene rings is 2. The van der Waals surface area contributed by atoms with Crippen LogP contribution in [0.25, 0.3) is 10.9 Å². The molecule has 4 aromatic rings. The smallest absolute Gasteiger partial charge is 0.238 e. The first-order valence-corrected chi connectivity index (χ1v) is 12.4. The molecule has 0 saturated carbocycles. The molecule has 0 atom stereocenters. The zero-order valence-electron chi connectivity index (χ0n) is 19.6. The lowest BCUT2D eigenvalue weighted by Gasteiger charge is -2.36. The summed E-state index contributed by atoms with van der Waals surface area (Å²) in [7, 11) is 0. The summed E-state index contributed by atoms with van der Waals surface area (Å²) in [6.07, 6.45) is 7.11. The summed E-state index contributed by atoms with van der Waals surface area (Å²) in [5, 5.41) is 10.8. The summed E-state index contributed by atoms with van der Waals surface area (Å²) in [5.41, 5.74) is 4.34. The fourth-order valence-corrected chi connectivity index (χ4v) is 4.78. The second-order valence-electron chi connectivity index (χ2n) is 8.86. The number of ether oxygens (including phenoxy) is 1. The van der Waals surface area contributed by atoms with Gasteiger partial charge in [0.2, 0.25) is 5.88 Å². The summed E-state index contributed by atoms with van der Waals surface area (Å²) >= 11 is 6.13. The summed E-state index contributed by atoms with van der Waals surface area (Å²) in [4.78, 5) is 12.5. The van der Waals surface area contributed by atoms with E-state index in [1.165, 1.54) is 23.1 Å². The molecule has 2 aromatic carbocycles. The zero-order chi connectivity index (χ0) is 24.0. The van der Waals surface area contributed by atoms with E-state index in [0.717, 1.165) is 62.4 Å². The molecule has 1 saturated heterocycles. The Balaban J connectivity index is 1.06. The van der Waals surface area contributed by atoms with Crippen molar-refractivity contribution in [3.05, 3.63) is 83.1 Å². The van der Waals surface area contributed by atoms with Crippen molar-refractivity contribution in [1.82, 2.24) is 14.9 Å². The minimum absolute atomic E-state index is 0.423. The van der Waals surface area contributed by atoms with E-state index in [1.807, 2.05) is 30.3 Å². The third kappa shape index (κ3) is 5.59. The predicted molar refractivity (Wildman–Crippen MR) is 140 cm³/mol. The van der Waals surface area contributed by atoms with Crippen LogP contribution < -0.4 is 9.64 Å². The molecule has 0 bridgehead atoms. The maximum absolute atomic E-state index is 9.17. The van der Waals surface area contributed by atoms with Crippen LogP contribution in [-0.2, 0) is 6.42 Å². The van der Waals surface area contributed by atoms with Crippen LogP contribution >= 0.6 is 11.6 Å². The maximum Gasteiger partial charge on any atom is 0.238 e. The number of aromatic nitrogens is 2.